The maximum Gasteiger partial charge on any atom is 0.347 e. The van der Waals surface area contributed by atoms with Gasteiger partial charge in [-0.1, -0.05) is 6.07 Å². The first-order valence-electron chi connectivity index (χ1n) is 7.96. The molecule has 0 aliphatic rings. The molecule has 2 aromatic heterocycles. The summed E-state index contributed by atoms with van der Waals surface area (Å²) in [5, 5.41) is 0.368. The highest BCUT2D eigenvalue weighted by molar-refractivity contribution is 5.82. The number of furan rings is 1. The summed E-state index contributed by atoms with van der Waals surface area (Å²) in [4.78, 5) is 24.8. The number of carbonyl (C=O) groups is 1. The van der Waals surface area contributed by atoms with Crippen LogP contribution in [0.25, 0.3) is 22.5 Å². The molecule has 0 N–H and O–H groups in total. The molecular weight excluding hydrogens is 324 g/mol. The minimum atomic E-state index is -0.959. The molecule has 0 aliphatic carbocycles. The van der Waals surface area contributed by atoms with Crippen molar-refractivity contribution < 1.29 is 23.1 Å². The Hall–Kier alpha value is -3.02. The van der Waals surface area contributed by atoms with Gasteiger partial charge in [-0.15, -0.1) is 0 Å². The van der Waals surface area contributed by atoms with Crippen LogP contribution in [-0.4, -0.2) is 18.7 Å². The zero-order valence-corrected chi connectivity index (χ0v) is 14.2. The number of carbonyl (C=O) groups excluding carboxylic acids is 1. The van der Waals surface area contributed by atoms with Gasteiger partial charge in [-0.05, 0) is 50.6 Å². The van der Waals surface area contributed by atoms with E-state index >= 15 is 0 Å². The van der Waals surface area contributed by atoms with E-state index in [4.69, 9.17) is 18.3 Å². The Labute approximate surface area is 144 Å². The summed E-state index contributed by atoms with van der Waals surface area (Å²) in [6.07, 6.45) is 0.508. The van der Waals surface area contributed by atoms with Crippen molar-refractivity contribution in [3.05, 3.63) is 52.4 Å². The fourth-order valence-corrected chi connectivity index (χ4v) is 2.44. The van der Waals surface area contributed by atoms with Crippen LogP contribution in [0.4, 0.5) is 0 Å². The molecule has 1 atom stereocenters. The molecule has 3 aromatic rings. The topological polar surface area (TPSA) is 78.9 Å². The molecule has 6 nitrogen and oxygen atoms in total. The molecule has 0 saturated heterocycles. The molecule has 1 aromatic carbocycles. The van der Waals surface area contributed by atoms with Crippen LogP contribution < -0.4 is 10.2 Å². The van der Waals surface area contributed by atoms with Gasteiger partial charge in [-0.3, -0.25) is 4.79 Å². The van der Waals surface area contributed by atoms with Crippen LogP contribution in [0.15, 0.2) is 50.2 Å². The predicted molar refractivity (Wildman–Crippen MR) is 91.6 cm³/mol. The van der Waals surface area contributed by atoms with Crippen LogP contribution in [0.3, 0.4) is 0 Å². The standard InChI is InChI=1S/C19H18O6/c1-4-22-19(21)12(3)24-18-16(20)13-8-7-11(2)10-15(13)25-17(18)14-6-5-9-23-14/h5-10,12H,4H2,1-3H3. The first kappa shape index (κ1) is 16.8. The number of benzene rings is 1. The average Bonchev–Trinajstić information content (AvgIpc) is 3.11. The van der Waals surface area contributed by atoms with Gasteiger partial charge >= 0.3 is 5.97 Å². The summed E-state index contributed by atoms with van der Waals surface area (Å²) < 4.78 is 21.8. The average molecular weight is 342 g/mol. The van der Waals surface area contributed by atoms with Gasteiger partial charge in [0.2, 0.25) is 16.9 Å². The highest BCUT2D eigenvalue weighted by Crippen LogP contribution is 2.32. The summed E-state index contributed by atoms with van der Waals surface area (Å²) in [5.41, 5.74) is 1.01. The second-order valence-electron chi connectivity index (χ2n) is 5.58. The normalized spacial score (nSPS) is 12.1. The van der Waals surface area contributed by atoms with Gasteiger partial charge in [0.1, 0.15) is 5.58 Å². The summed E-state index contributed by atoms with van der Waals surface area (Å²) in [7, 11) is 0. The molecule has 0 aliphatic heterocycles. The lowest BCUT2D eigenvalue weighted by Crippen LogP contribution is -2.28. The zero-order valence-electron chi connectivity index (χ0n) is 14.2. The summed E-state index contributed by atoms with van der Waals surface area (Å²) in [6, 6.07) is 8.58. The van der Waals surface area contributed by atoms with E-state index in [1.54, 1.807) is 31.2 Å². The van der Waals surface area contributed by atoms with Crippen molar-refractivity contribution >= 4 is 16.9 Å². The van der Waals surface area contributed by atoms with Crippen LogP contribution in [-0.2, 0) is 9.53 Å². The molecule has 25 heavy (non-hydrogen) atoms. The van der Waals surface area contributed by atoms with Gasteiger partial charge in [0.05, 0.1) is 18.3 Å². The highest BCUT2D eigenvalue weighted by atomic mass is 16.6. The Morgan fingerprint density at radius 1 is 1.28 bits per heavy atom. The molecule has 0 bridgehead atoms. The monoisotopic (exact) mass is 342 g/mol. The van der Waals surface area contributed by atoms with E-state index in [-0.39, 0.29) is 23.5 Å². The van der Waals surface area contributed by atoms with Gasteiger partial charge < -0.3 is 18.3 Å². The van der Waals surface area contributed by atoms with Crippen LogP contribution >= 0.6 is 0 Å². The summed E-state index contributed by atoms with van der Waals surface area (Å²) in [5.74, 6) is -0.154. The van der Waals surface area contributed by atoms with Crippen LogP contribution in [0.2, 0.25) is 0 Å². The van der Waals surface area contributed by atoms with E-state index < -0.39 is 12.1 Å². The lowest BCUT2D eigenvalue weighted by molar-refractivity contribution is -0.150. The third-order valence-corrected chi connectivity index (χ3v) is 3.66. The van der Waals surface area contributed by atoms with Gasteiger partial charge in [0.25, 0.3) is 0 Å². The third-order valence-electron chi connectivity index (χ3n) is 3.66. The molecule has 0 radical (unpaired) electrons. The summed E-state index contributed by atoms with van der Waals surface area (Å²) in [6.45, 7) is 5.34. The molecule has 1 unspecified atom stereocenters. The van der Waals surface area contributed by atoms with E-state index in [0.29, 0.717) is 16.7 Å². The van der Waals surface area contributed by atoms with Gasteiger partial charge in [-0.2, -0.15) is 0 Å². The lowest BCUT2D eigenvalue weighted by atomic mass is 10.1. The Morgan fingerprint density at radius 3 is 2.76 bits per heavy atom. The minimum absolute atomic E-state index is 0.0770. The fraction of sp³-hybridized carbons (Fsp3) is 0.263. The quantitative estimate of drug-likeness (QED) is 0.658. The molecule has 0 amide bonds. The molecule has 0 fully saturated rings. The Balaban J connectivity index is 2.16. The number of aryl methyl sites for hydroxylation is 1. The maximum absolute atomic E-state index is 12.9. The minimum Gasteiger partial charge on any atom is -0.471 e. The lowest BCUT2D eigenvalue weighted by Gasteiger charge is -2.15. The van der Waals surface area contributed by atoms with Crippen LogP contribution in [0.5, 0.6) is 5.75 Å². The van der Waals surface area contributed by atoms with Crippen molar-refractivity contribution in [2.75, 3.05) is 6.61 Å². The molecular formula is C19H18O6. The second-order valence-corrected chi connectivity index (χ2v) is 5.58. The van der Waals surface area contributed by atoms with E-state index in [9.17, 15) is 9.59 Å². The maximum atomic E-state index is 12.9. The number of hydrogen-bond donors (Lipinski definition) is 0. The van der Waals surface area contributed by atoms with Crippen molar-refractivity contribution in [3.63, 3.8) is 0 Å². The van der Waals surface area contributed by atoms with Crippen molar-refractivity contribution in [1.29, 1.82) is 0 Å². The van der Waals surface area contributed by atoms with E-state index in [0.717, 1.165) is 5.56 Å². The molecule has 130 valence electrons. The Morgan fingerprint density at radius 2 is 2.08 bits per heavy atom. The smallest absolute Gasteiger partial charge is 0.347 e. The van der Waals surface area contributed by atoms with Crippen molar-refractivity contribution in [2.45, 2.75) is 26.9 Å². The van der Waals surface area contributed by atoms with Gasteiger partial charge in [-0.25, -0.2) is 4.79 Å². The molecule has 2 heterocycles. The molecule has 6 heteroatoms. The second kappa shape index (κ2) is 6.84. The number of ether oxygens (including phenoxy) is 2. The largest absolute Gasteiger partial charge is 0.471 e. The van der Waals surface area contributed by atoms with Crippen molar-refractivity contribution in [2.24, 2.45) is 0 Å². The highest BCUT2D eigenvalue weighted by Gasteiger charge is 2.24. The first-order valence-corrected chi connectivity index (χ1v) is 7.96. The Bertz CT molecular complexity index is 952. The molecule has 0 saturated carbocycles. The molecule has 0 spiro atoms. The SMILES string of the molecule is CCOC(=O)C(C)Oc1c(-c2ccco2)oc2cc(C)ccc2c1=O. The zero-order chi connectivity index (χ0) is 18.0. The fourth-order valence-electron chi connectivity index (χ4n) is 2.44. The van der Waals surface area contributed by atoms with Crippen molar-refractivity contribution in [1.82, 2.24) is 0 Å². The van der Waals surface area contributed by atoms with Crippen LogP contribution in [0, 0.1) is 6.92 Å². The number of esters is 1. The number of hydrogen-bond acceptors (Lipinski definition) is 6. The number of rotatable bonds is 5. The van der Waals surface area contributed by atoms with E-state index in [1.165, 1.54) is 13.2 Å². The van der Waals surface area contributed by atoms with Crippen molar-refractivity contribution in [3.8, 4) is 17.3 Å². The van der Waals surface area contributed by atoms with Gasteiger partial charge in [0.15, 0.2) is 11.9 Å². The third kappa shape index (κ3) is 3.28. The predicted octanol–water partition coefficient (Wildman–Crippen LogP) is 3.69. The van der Waals surface area contributed by atoms with E-state index in [1.807, 2.05) is 13.0 Å². The number of fused-ring (bicyclic) bond motifs is 1. The van der Waals surface area contributed by atoms with Crippen LogP contribution in [0.1, 0.15) is 19.4 Å². The molecule has 3 rings (SSSR count). The first-order chi connectivity index (χ1) is 12.0. The summed E-state index contributed by atoms with van der Waals surface area (Å²) >= 11 is 0. The van der Waals surface area contributed by atoms with Gasteiger partial charge in [0, 0.05) is 0 Å². The van der Waals surface area contributed by atoms with E-state index in [2.05, 4.69) is 0 Å². The Kier molecular flexibility index (Phi) is 4.61.